The predicted octanol–water partition coefficient (Wildman–Crippen LogP) is 0.227. The highest BCUT2D eigenvalue weighted by Crippen LogP contribution is 2.17. The molecule has 1 aromatic heterocycles. The third-order valence-electron chi connectivity index (χ3n) is 3.55. The maximum absolute atomic E-state index is 12.1. The van der Waals surface area contributed by atoms with Crippen molar-refractivity contribution in [2.24, 2.45) is 19.1 Å². The van der Waals surface area contributed by atoms with Crippen molar-refractivity contribution >= 4 is 21.9 Å². The van der Waals surface area contributed by atoms with Crippen molar-refractivity contribution < 1.29 is 13.5 Å². The van der Waals surface area contributed by atoms with E-state index >= 15 is 0 Å². The minimum Gasteiger partial charge on any atom is -0.494 e. The van der Waals surface area contributed by atoms with Gasteiger partial charge in [-0.2, -0.15) is 0 Å². The Morgan fingerprint density at radius 3 is 2.23 bits per heavy atom. The number of sulfonamides is 1. The largest absolute Gasteiger partial charge is 0.494 e. The average Bonchev–Trinajstić information content (AvgIpc) is 2.57. The summed E-state index contributed by atoms with van der Waals surface area (Å²) in [4.78, 5) is 27.9. The molecule has 1 heterocycles. The van der Waals surface area contributed by atoms with E-state index in [2.05, 4.69) is 9.71 Å². The molecule has 0 saturated carbocycles. The molecule has 0 spiro atoms. The van der Waals surface area contributed by atoms with E-state index in [-0.39, 0.29) is 16.5 Å². The van der Waals surface area contributed by atoms with Gasteiger partial charge in [0.25, 0.3) is 5.56 Å². The number of hydrogen-bond donors (Lipinski definition) is 2. The van der Waals surface area contributed by atoms with Gasteiger partial charge in [0.05, 0.1) is 10.6 Å². The van der Waals surface area contributed by atoms with Crippen molar-refractivity contribution in [3.05, 3.63) is 50.7 Å². The van der Waals surface area contributed by atoms with Gasteiger partial charge >= 0.3 is 5.69 Å². The summed E-state index contributed by atoms with van der Waals surface area (Å²) in [5, 5.41) is 9.97. The molecule has 0 unspecified atom stereocenters. The molecule has 0 bridgehead atoms. The standard InChI is InChI=1S/C16H20N4O5S/c1-10(2)18-26(24,25)12-7-5-11(6-8-12)17-9-13-14(21)19(3)16(23)20(4)15(13)22/h5-10,18,21H,1-4H3. The number of nitrogens with zero attached hydrogens (tertiary/aromatic N) is 3. The van der Waals surface area contributed by atoms with Crippen LogP contribution in [0.2, 0.25) is 0 Å². The van der Waals surface area contributed by atoms with E-state index in [0.29, 0.717) is 5.69 Å². The van der Waals surface area contributed by atoms with Crippen LogP contribution in [0, 0.1) is 0 Å². The number of rotatable bonds is 5. The van der Waals surface area contributed by atoms with E-state index in [1.807, 2.05) is 0 Å². The lowest BCUT2D eigenvalue weighted by Crippen LogP contribution is -2.38. The summed E-state index contributed by atoms with van der Waals surface area (Å²) < 4.78 is 28.4. The molecule has 2 rings (SSSR count). The van der Waals surface area contributed by atoms with Crippen LogP contribution < -0.4 is 16.0 Å². The second-order valence-corrected chi connectivity index (χ2v) is 7.69. The summed E-state index contributed by atoms with van der Waals surface area (Å²) in [6.45, 7) is 3.44. The molecule has 2 N–H and O–H groups in total. The van der Waals surface area contributed by atoms with Gasteiger partial charge in [-0.05, 0) is 38.1 Å². The molecule has 0 radical (unpaired) electrons. The van der Waals surface area contributed by atoms with E-state index in [9.17, 15) is 23.1 Å². The van der Waals surface area contributed by atoms with Crippen LogP contribution in [0.5, 0.6) is 5.88 Å². The monoisotopic (exact) mass is 380 g/mol. The molecule has 0 aliphatic rings. The third kappa shape index (κ3) is 3.92. The van der Waals surface area contributed by atoms with Gasteiger partial charge in [0.15, 0.2) is 0 Å². The molecule has 0 atom stereocenters. The van der Waals surface area contributed by atoms with Crippen molar-refractivity contribution in [1.82, 2.24) is 13.9 Å². The first-order valence-corrected chi connectivity index (χ1v) is 9.18. The van der Waals surface area contributed by atoms with E-state index in [4.69, 9.17) is 0 Å². The van der Waals surface area contributed by atoms with Crippen LogP contribution in [0.4, 0.5) is 5.69 Å². The minimum absolute atomic E-state index is 0.0889. The van der Waals surface area contributed by atoms with Crippen LogP contribution in [-0.2, 0) is 24.1 Å². The lowest BCUT2D eigenvalue weighted by molar-refractivity contribution is 0.410. The Balaban J connectivity index is 2.37. The van der Waals surface area contributed by atoms with Crippen LogP contribution in [-0.4, -0.2) is 34.9 Å². The minimum atomic E-state index is -3.61. The smallest absolute Gasteiger partial charge is 0.333 e. The average molecular weight is 380 g/mol. The maximum atomic E-state index is 12.1. The molecule has 9 nitrogen and oxygen atoms in total. The Morgan fingerprint density at radius 2 is 1.69 bits per heavy atom. The first-order chi connectivity index (χ1) is 12.0. The fraction of sp³-hybridized carbons (Fsp3) is 0.312. The van der Waals surface area contributed by atoms with Crippen LogP contribution >= 0.6 is 0 Å². The van der Waals surface area contributed by atoms with E-state index < -0.39 is 27.2 Å². The molecule has 140 valence electrons. The molecule has 0 aliphatic carbocycles. The zero-order valence-electron chi connectivity index (χ0n) is 14.8. The number of nitrogens with one attached hydrogen (secondary N) is 1. The molecule has 2 aromatic rings. The molecule has 0 fully saturated rings. The summed E-state index contributed by atoms with van der Waals surface area (Å²) in [5.74, 6) is -0.498. The normalized spacial score (nSPS) is 12.2. The van der Waals surface area contributed by atoms with Crippen LogP contribution in [0.25, 0.3) is 0 Å². The fourth-order valence-corrected chi connectivity index (χ4v) is 3.45. The quantitative estimate of drug-likeness (QED) is 0.719. The van der Waals surface area contributed by atoms with Crippen LogP contribution in [0.3, 0.4) is 0 Å². The number of aromatic nitrogens is 2. The molecule has 0 amide bonds. The summed E-state index contributed by atoms with van der Waals surface area (Å²) in [5.41, 5.74) is -1.11. The van der Waals surface area contributed by atoms with Gasteiger partial charge in [-0.25, -0.2) is 17.9 Å². The lowest BCUT2D eigenvalue weighted by Gasteiger charge is -2.09. The Hall–Kier alpha value is -2.72. The van der Waals surface area contributed by atoms with Crippen molar-refractivity contribution in [3.8, 4) is 5.88 Å². The van der Waals surface area contributed by atoms with Crippen LogP contribution in [0.1, 0.15) is 19.4 Å². The van der Waals surface area contributed by atoms with E-state index in [1.54, 1.807) is 13.8 Å². The zero-order valence-corrected chi connectivity index (χ0v) is 15.6. The van der Waals surface area contributed by atoms with Crippen molar-refractivity contribution in [1.29, 1.82) is 0 Å². The van der Waals surface area contributed by atoms with Gasteiger partial charge in [-0.15, -0.1) is 0 Å². The topological polar surface area (TPSA) is 123 Å². The molecule has 26 heavy (non-hydrogen) atoms. The highest BCUT2D eigenvalue weighted by atomic mass is 32.2. The SMILES string of the molecule is CC(C)NS(=O)(=O)c1ccc(N=Cc2c(O)n(C)c(=O)n(C)c2=O)cc1. The number of hydrogen-bond acceptors (Lipinski definition) is 6. The molecule has 0 aliphatic heterocycles. The fourth-order valence-electron chi connectivity index (χ4n) is 2.20. The maximum Gasteiger partial charge on any atom is 0.333 e. The van der Waals surface area contributed by atoms with Gasteiger partial charge in [0.2, 0.25) is 15.9 Å². The lowest BCUT2D eigenvalue weighted by atomic mass is 10.3. The van der Waals surface area contributed by atoms with Crippen molar-refractivity contribution in [3.63, 3.8) is 0 Å². The molecule has 10 heteroatoms. The first kappa shape index (κ1) is 19.6. The molecule has 1 aromatic carbocycles. The predicted molar refractivity (Wildman–Crippen MR) is 97.7 cm³/mol. The zero-order chi connectivity index (χ0) is 19.6. The van der Waals surface area contributed by atoms with E-state index in [1.165, 1.54) is 38.4 Å². The van der Waals surface area contributed by atoms with E-state index in [0.717, 1.165) is 15.3 Å². The molecular formula is C16H20N4O5S. The van der Waals surface area contributed by atoms with Gasteiger partial charge in [0.1, 0.15) is 5.56 Å². The summed E-state index contributed by atoms with van der Waals surface area (Å²) >= 11 is 0. The Kier molecular flexibility index (Phi) is 5.47. The Bertz CT molecular complexity index is 1060. The first-order valence-electron chi connectivity index (χ1n) is 7.70. The second kappa shape index (κ2) is 7.26. The number of aliphatic imine (C=N–C) groups is 1. The van der Waals surface area contributed by atoms with Gasteiger partial charge in [-0.3, -0.25) is 18.9 Å². The van der Waals surface area contributed by atoms with Crippen LogP contribution in [0.15, 0.2) is 43.7 Å². The Morgan fingerprint density at radius 1 is 1.12 bits per heavy atom. The third-order valence-corrected chi connectivity index (χ3v) is 5.22. The Labute approximate surface area is 150 Å². The molecular weight excluding hydrogens is 360 g/mol. The number of benzene rings is 1. The van der Waals surface area contributed by atoms with Gasteiger partial charge in [0, 0.05) is 26.4 Å². The van der Waals surface area contributed by atoms with Gasteiger partial charge < -0.3 is 5.11 Å². The highest BCUT2D eigenvalue weighted by Gasteiger charge is 2.15. The summed E-state index contributed by atoms with van der Waals surface area (Å²) in [6.07, 6.45) is 1.13. The summed E-state index contributed by atoms with van der Waals surface area (Å²) in [7, 11) is -0.982. The second-order valence-electron chi connectivity index (χ2n) is 5.97. The van der Waals surface area contributed by atoms with Gasteiger partial charge in [-0.1, -0.05) is 0 Å². The van der Waals surface area contributed by atoms with Crippen molar-refractivity contribution in [2.45, 2.75) is 24.8 Å². The number of aromatic hydroxyl groups is 1. The van der Waals surface area contributed by atoms with Crippen molar-refractivity contribution in [2.75, 3.05) is 0 Å². The highest BCUT2D eigenvalue weighted by molar-refractivity contribution is 7.89. The summed E-state index contributed by atoms with van der Waals surface area (Å²) in [6, 6.07) is 5.47. The molecule has 0 saturated heterocycles.